The largest absolute Gasteiger partial charge is 0.493 e. The number of hydrogen-bond acceptors (Lipinski definition) is 6. The first kappa shape index (κ1) is 18.6. The summed E-state index contributed by atoms with van der Waals surface area (Å²) in [6, 6.07) is 3.52. The molecule has 1 N–H and O–H groups in total. The maximum absolute atomic E-state index is 11.7. The van der Waals surface area contributed by atoms with Gasteiger partial charge in [0, 0.05) is 12.1 Å². The Labute approximate surface area is 146 Å². The molecule has 1 aliphatic rings. The number of nitrogens with one attached hydrogen (secondary N) is 1. The van der Waals surface area contributed by atoms with E-state index >= 15 is 0 Å². The second kappa shape index (κ2) is 8.96. The SMILES string of the molecule is CC[C@H](C)NC(=O)COC(=O)/C=C/c1cc(OC)c2c(c1)OCCO2. The van der Waals surface area contributed by atoms with E-state index in [2.05, 4.69) is 5.32 Å². The third kappa shape index (κ3) is 5.41. The van der Waals surface area contributed by atoms with Crippen molar-refractivity contribution in [2.75, 3.05) is 26.9 Å². The Morgan fingerprint density at radius 3 is 2.80 bits per heavy atom. The average molecular weight is 349 g/mol. The highest BCUT2D eigenvalue weighted by Gasteiger charge is 2.17. The minimum absolute atomic E-state index is 0.0481. The zero-order valence-corrected chi connectivity index (χ0v) is 14.7. The fourth-order valence-electron chi connectivity index (χ4n) is 2.16. The number of ether oxygens (including phenoxy) is 4. The number of fused-ring (bicyclic) bond motifs is 1. The topological polar surface area (TPSA) is 83.1 Å². The van der Waals surface area contributed by atoms with Gasteiger partial charge in [0.2, 0.25) is 5.75 Å². The summed E-state index contributed by atoms with van der Waals surface area (Å²) in [5.41, 5.74) is 0.696. The zero-order valence-electron chi connectivity index (χ0n) is 14.7. The molecule has 0 unspecified atom stereocenters. The molecule has 1 heterocycles. The van der Waals surface area contributed by atoms with Gasteiger partial charge in [-0.2, -0.15) is 0 Å². The summed E-state index contributed by atoms with van der Waals surface area (Å²) in [5.74, 6) is 0.713. The first-order chi connectivity index (χ1) is 12.0. The number of carbonyl (C=O) groups excluding carboxylic acids is 2. The monoisotopic (exact) mass is 349 g/mol. The molecule has 0 radical (unpaired) electrons. The molecule has 25 heavy (non-hydrogen) atoms. The van der Waals surface area contributed by atoms with Crippen molar-refractivity contribution in [3.05, 3.63) is 23.8 Å². The molecular weight excluding hydrogens is 326 g/mol. The number of rotatable bonds is 7. The highest BCUT2D eigenvalue weighted by atomic mass is 16.6. The van der Waals surface area contributed by atoms with Crippen LogP contribution in [0.2, 0.25) is 0 Å². The molecule has 1 aliphatic heterocycles. The molecule has 2 rings (SSSR count). The number of amides is 1. The van der Waals surface area contributed by atoms with E-state index in [1.165, 1.54) is 13.2 Å². The average Bonchev–Trinajstić information content (AvgIpc) is 2.63. The molecule has 1 aromatic rings. The van der Waals surface area contributed by atoms with Crippen LogP contribution in [0.5, 0.6) is 17.2 Å². The second-order valence-electron chi connectivity index (χ2n) is 5.57. The number of methoxy groups -OCH3 is 1. The maximum atomic E-state index is 11.7. The second-order valence-corrected chi connectivity index (χ2v) is 5.57. The third-order valence-corrected chi connectivity index (χ3v) is 3.63. The van der Waals surface area contributed by atoms with Crippen LogP contribution in [0.25, 0.3) is 6.08 Å². The van der Waals surface area contributed by atoms with E-state index in [9.17, 15) is 9.59 Å². The van der Waals surface area contributed by atoms with Gasteiger partial charge in [-0.1, -0.05) is 6.92 Å². The van der Waals surface area contributed by atoms with Crippen LogP contribution >= 0.6 is 0 Å². The van der Waals surface area contributed by atoms with Crippen molar-refractivity contribution in [2.45, 2.75) is 26.3 Å². The Morgan fingerprint density at radius 1 is 1.32 bits per heavy atom. The maximum Gasteiger partial charge on any atom is 0.331 e. The van der Waals surface area contributed by atoms with Crippen molar-refractivity contribution in [2.24, 2.45) is 0 Å². The first-order valence-electron chi connectivity index (χ1n) is 8.15. The standard InChI is InChI=1S/C18H23NO6/c1-4-12(2)19-16(20)11-25-17(21)6-5-13-9-14(22-3)18-15(10-13)23-7-8-24-18/h5-6,9-10,12H,4,7-8,11H2,1-3H3,(H,19,20)/b6-5+/t12-/m0/s1. The van der Waals surface area contributed by atoms with E-state index < -0.39 is 5.97 Å². The smallest absolute Gasteiger partial charge is 0.331 e. The van der Waals surface area contributed by atoms with E-state index in [0.29, 0.717) is 36.0 Å². The lowest BCUT2D eigenvalue weighted by atomic mass is 10.1. The molecule has 0 aromatic heterocycles. The summed E-state index contributed by atoms with van der Waals surface area (Å²) < 4.78 is 21.2. The third-order valence-electron chi connectivity index (χ3n) is 3.63. The van der Waals surface area contributed by atoms with Gasteiger partial charge < -0.3 is 24.3 Å². The van der Waals surface area contributed by atoms with Gasteiger partial charge in [0.25, 0.3) is 5.91 Å². The molecule has 0 fully saturated rings. The van der Waals surface area contributed by atoms with Gasteiger partial charge in [0.1, 0.15) is 13.2 Å². The van der Waals surface area contributed by atoms with Gasteiger partial charge in [-0.05, 0) is 37.1 Å². The van der Waals surface area contributed by atoms with E-state index in [4.69, 9.17) is 18.9 Å². The van der Waals surface area contributed by atoms with Crippen LogP contribution in [0.3, 0.4) is 0 Å². The van der Waals surface area contributed by atoms with Crippen LogP contribution in [-0.2, 0) is 14.3 Å². The van der Waals surface area contributed by atoms with Crippen molar-refractivity contribution < 1.29 is 28.5 Å². The molecule has 1 amide bonds. The van der Waals surface area contributed by atoms with E-state index in [-0.39, 0.29) is 18.6 Å². The lowest BCUT2D eigenvalue weighted by Gasteiger charge is -2.20. The predicted octanol–water partition coefficient (Wildman–Crippen LogP) is 1.94. The van der Waals surface area contributed by atoms with Crippen LogP contribution in [0, 0.1) is 0 Å². The Hall–Kier alpha value is -2.70. The molecule has 7 nitrogen and oxygen atoms in total. The minimum Gasteiger partial charge on any atom is -0.493 e. The summed E-state index contributed by atoms with van der Waals surface area (Å²) >= 11 is 0. The van der Waals surface area contributed by atoms with Crippen molar-refractivity contribution in [3.8, 4) is 17.2 Å². The first-order valence-corrected chi connectivity index (χ1v) is 8.15. The van der Waals surface area contributed by atoms with E-state index in [1.807, 2.05) is 13.8 Å². The molecule has 0 saturated heterocycles. The molecule has 7 heteroatoms. The number of carbonyl (C=O) groups is 2. The van der Waals surface area contributed by atoms with Gasteiger partial charge in [-0.15, -0.1) is 0 Å². The van der Waals surface area contributed by atoms with Crippen LogP contribution < -0.4 is 19.5 Å². The number of benzene rings is 1. The van der Waals surface area contributed by atoms with Crippen LogP contribution in [0.1, 0.15) is 25.8 Å². The van der Waals surface area contributed by atoms with Crippen molar-refractivity contribution >= 4 is 18.0 Å². The van der Waals surface area contributed by atoms with Crippen LogP contribution in [0.15, 0.2) is 18.2 Å². The fraction of sp³-hybridized carbons (Fsp3) is 0.444. The molecule has 0 spiro atoms. The molecule has 0 bridgehead atoms. The zero-order chi connectivity index (χ0) is 18.2. The normalized spacial score (nSPS) is 14.0. The molecule has 0 saturated carbocycles. The molecule has 1 aromatic carbocycles. The van der Waals surface area contributed by atoms with Gasteiger partial charge in [0.05, 0.1) is 7.11 Å². The number of esters is 1. The van der Waals surface area contributed by atoms with Crippen molar-refractivity contribution in [1.82, 2.24) is 5.32 Å². The van der Waals surface area contributed by atoms with Gasteiger partial charge in [0.15, 0.2) is 18.1 Å². The van der Waals surface area contributed by atoms with Gasteiger partial charge in [-0.3, -0.25) is 4.79 Å². The van der Waals surface area contributed by atoms with Gasteiger partial charge in [-0.25, -0.2) is 4.79 Å². The Morgan fingerprint density at radius 2 is 2.08 bits per heavy atom. The Balaban J connectivity index is 1.94. The summed E-state index contributed by atoms with van der Waals surface area (Å²) in [6.07, 6.45) is 3.63. The number of hydrogen-bond donors (Lipinski definition) is 1. The van der Waals surface area contributed by atoms with E-state index in [0.717, 1.165) is 6.42 Å². The van der Waals surface area contributed by atoms with Crippen molar-refractivity contribution in [1.29, 1.82) is 0 Å². The molecule has 136 valence electrons. The molecule has 1 atom stereocenters. The molecule has 0 aliphatic carbocycles. The van der Waals surface area contributed by atoms with Crippen LogP contribution in [-0.4, -0.2) is 44.8 Å². The minimum atomic E-state index is -0.604. The summed E-state index contributed by atoms with van der Waals surface area (Å²) in [6.45, 7) is 4.45. The lowest BCUT2D eigenvalue weighted by Crippen LogP contribution is -2.35. The summed E-state index contributed by atoms with van der Waals surface area (Å²) in [4.78, 5) is 23.3. The lowest BCUT2D eigenvalue weighted by molar-refractivity contribution is -0.144. The Bertz CT molecular complexity index is 638. The molecular formula is C18H23NO6. The summed E-state index contributed by atoms with van der Waals surface area (Å²) in [5, 5.41) is 2.72. The predicted molar refractivity (Wildman–Crippen MR) is 91.9 cm³/mol. The highest BCUT2D eigenvalue weighted by molar-refractivity contribution is 5.89. The summed E-state index contributed by atoms with van der Waals surface area (Å²) in [7, 11) is 1.53. The highest BCUT2D eigenvalue weighted by Crippen LogP contribution is 2.40. The van der Waals surface area contributed by atoms with E-state index in [1.54, 1.807) is 18.2 Å². The fourth-order valence-corrected chi connectivity index (χ4v) is 2.16. The quantitative estimate of drug-likeness (QED) is 0.598. The Kier molecular flexibility index (Phi) is 6.68. The van der Waals surface area contributed by atoms with Crippen molar-refractivity contribution in [3.63, 3.8) is 0 Å². The van der Waals surface area contributed by atoms with Gasteiger partial charge >= 0.3 is 5.97 Å². The van der Waals surface area contributed by atoms with Crippen LogP contribution in [0.4, 0.5) is 0 Å².